The minimum atomic E-state index is -0.871. The third-order valence-electron chi connectivity index (χ3n) is 1.87. The van der Waals surface area contributed by atoms with Crippen LogP contribution in [0.1, 0.15) is 12.8 Å². The van der Waals surface area contributed by atoms with Crippen molar-refractivity contribution in [2.75, 3.05) is 11.9 Å². The molecule has 6 nitrogen and oxygen atoms in total. The van der Waals surface area contributed by atoms with Crippen LogP contribution in [0.3, 0.4) is 0 Å². The van der Waals surface area contributed by atoms with Crippen LogP contribution in [-0.2, 0) is 4.79 Å². The summed E-state index contributed by atoms with van der Waals surface area (Å²) in [4.78, 5) is 25.5. The van der Waals surface area contributed by atoms with E-state index in [1.54, 1.807) is 18.5 Å². The number of carboxylic acids is 1. The summed E-state index contributed by atoms with van der Waals surface area (Å²) in [6.07, 6.45) is 3.57. The lowest BCUT2D eigenvalue weighted by Crippen LogP contribution is -2.29. The van der Waals surface area contributed by atoms with Gasteiger partial charge in [-0.1, -0.05) is 0 Å². The van der Waals surface area contributed by atoms with Crippen molar-refractivity contribution in [3.8, 4) is 0 Å². The fourth-order valence-corrected chi connectivity index (χ4v) is 1.43. The standard InChI is InChI=1S/C10H12BrN3O3/c11-7-6-12-5-3-8(7)14-10(17)13-4-1-2-9(15)16/h3,5-6H,1-2,4H2,(H,15,16)(H2,12,13,14,17). The molecule has 0 aliphatic heterocycles. The predicted molar refractivity (Wildman–Crippen MR) is 65.8 cm³/mol. The highest BCUT2D eigenvalue weighted by Crippen LogP contribution is 2.19. The average molecular weight is 302 g/mol. The van der Waals surface area contributed by atoms with E-state index >= 15 is 0 Å². The molecule has 1 heterocycles. The number of carbonyl (C=O) groups is 2. The first-order chi connectivity index (χ1) is 8.09. The largest absolute Gasteiger partial charge is 0.481 e. The molecule has 0 bridgehead atoms. The third kappa shape index (κ3) is 5.30. The zero-order chi connectivity index (χ0) is 12.7. The summed E-state index contributed by atoms with van der Waals surface area (Å²) < 4.78 is 0.681. The molecule has 0 unspecified atom stereocenters. The molecule has 1 aromatic rings. The van der Waals surface area contributed by atoms with Crippen molar-refractivity contribution in [3.05, 3.63) is 22.9 Å². The average Bonchev–Trinajstić information content (AvgIpc) is 2.27. The van der Waals surface area contributed by atoms with E-state index in [4.69, 9.17) is 5.11 Å². The highest BCUT2D eigenvalue weighted by Gasteiger charge is 2.04. The first-order valence-electron chi connectivity index (χ1n) is 4.96. The summed E-state index contributed by atoms with van der Waals surface area (Å²) >= 11 is 3.24. The summed E-state index contributed by atoms with van der Waals surface area (Å²) in [5.74, 6) is -0.871. The molecule has 0 atom stereocenters. The monoisotopic (exact) mass is 301 g/mol. The maximum Gasteiger partial charge on any atom is 0.319 e. The van der Waals surface area contributed by atoms with Crippen molar-refractivity contribution in [1.29, 1.82) is 0 Å². The Bertz CT molecular complexity index is 412. The maximum atomic E-state index is 11.4. The Kier molecular flexibility index (Phi) is 5.41. The van der Waals surface area contributed by atoms with E-state index in [-0.39, 0.29) is 12.5 Å². The molecule has 0 aliphatic rings. The molecular formula is C10H12BrN3O3. The van der Waals surface area contributed by atoms with E-state index in [0.717, 1.165) is 0 Å². The SMILES string of the molecule is O=C(O)CCCNC(=O)Nc1ccncc1Br. The molecule has 0 radical (unpaired) electrons. The second kappa shape index (κ2) is 6.85. The van der Waals surface area contributed by atoms with Crippen molar-refractivity contribution in [1.82, 2.24) is 10.3 Å². The predicted octanol–water partition coefficient (Wildman–Crippen LogP) is 1.83. The molecule has 2 amide bonds. The first kappa shape index (κ1) is 13.4. The summed E-state index contributed by atoms with van der Waals surface area (Å²) in [6, 6.07) is 1.28. The van der Waals surface area contributed by atoms with Crippen LogP contribution in [0, 0.1) is 0 Å². The van der Waals surface area contributed by atoms with E-state index < -0.39 is 5.97 Å². The van der Waals surface area contributed by atoms with Gasteiger partial charge in [0.2, 0.25) is 0 Å². The topological polar surface area (TPSA) is 91.3 Å². The molecule has 0 saturated heterocycles. The van der Waals surface area contributed by atoms with E-state index in [1.165, 1.54) is 0 Å². The van der Waals surface area contributed by atoms with Gasteiger partial charge in [0.1, 0.15) is 0 Å². The minimum Gasteiger partial charge on any atom is -0.481 e. The number of hydrogen-bond acceptors (Lipinski definition) is 3. The summed E-state index contributed by atoms with van der Waals surface area (Å²) in [7, 11) is 0. The number of aromatic nitrogens is 1. The molecular weight excluding hydrogens is 290 g/mol. The Morgan fingerprint density at radius 3 is 2.88 bits per heavy atom. The van der Waals surface area contributed by atoms with Crippen LogP contribution >= 0.6 is 15.9 Å². The van der Waals surface area contributed by atoms with Gasteiger partial charge in [-0.2, -0.15) is 0 Å². The van der Waals surface area contributed by atoms with Crippen LogP contribution in [-0.4, -0.2) is 28.6 Å². The van der Waals surface area contributed by atoms with Crippen molar-refractivity contribution in [2.45, 2.75) is 12.8 Å². The Hall–Kier alpha value is -1.63. The van der Waals surface area contributed by atoms with Crippen LogP contribution in [0.4, 0.5) is 10.5 Å². The number of halogens is 1. The molecule has 7 heteroatoms. The first-order valence-corrected chi connectivity index (χ1v) is 5.75. The zero-order valence-corrected chi connectivity index (χ0v) is 10.5. The second-order valence-corrected chi connectivity index (χ2v) is 4.09. The highest BCUT2D eigenvalue weighted by molar-refractivity contribution is 9.10. The Morgan fingerprint density at radius 1 is 1.47 bits per heavy atom. The van der Waals surface area contributed by atoms with Gasteiger partial charge in [0, 0.05) is 25.4 Å². The zero-order valence-electron chi connectivity index (χ0n) is 8.94. The number of rotatable bonds is 5. The molecule has 0 fully saturated rings. The Morgan fingerprint density at radius 2 is 2.24 bits per heavy atom. The van der Waals surface area contributed by atoms with Crippen LogP contribution in [0.15, 0.2) is 22.9 Å². The van der Waals surface area contributed by atoms with Crippen molar-refractivity contribution in [3.63, 3.8) is 0 Å². The number of urea groups is 1. The summed E-state index contributed by atoms with van der Waals surface area (Å²) in [6.45, 7) is 0.320. The number of aliphatic carboxylic acids is 1. The number of amides is 2. The number of nitrogens with one attached hydrogen (secondary N) is 2. The number of carboxylic acid groups (broad SMARTS) is 1. The van der Waals surface area contributed by atoms with Crippen LogP contribution in [0.2, 0.25) is 0 Å². The summed E-state index contributed by atoms with van der Waals surface area (Å²) in [5, 5.41) is 13.6. The molecule has 1 rings (SSSR count). The number of carbonyl (C=O) groups excluding carboxylic acids is 1. The van der Waals surface area contributed by atoms with E-state index in [2.05, 4.69) is 31.5 Å². The van der Waals surface area contributed by atoms with Gasteiger partial charge in [0.25, 0.3) is 0 Å². The molecule has 1 aromatic heterocycles. The Balaban J connectivity index is 2.30. The molecule has 3 N–H and O–H groups in total. The van der Waals surface area contributed by atoms with E-state index in [0.29, 0.717) is 23.1 Å². The Labute approximate surface area is 107 Å². The lowest BCUT2D eigenvalue weighted by Gasteiger charge is -2.07. The highest BCUT2D eigenvalue weighted by atomic mass is 79.9. The van der Waals surface area contributed by atoms with Crippen LogP contribution in [0.25, 0.3) is 0 Å². The van der Waals surface area contributed by atoms with E-state index in [1.807, 2.05) is 0 Å². The van der Waals surface area contributed by atoms with Gasteiger partial charge >= 0.3 is 12.0 Å². The lowest BCUT2D eigenvalue weighted by molar-refractivity contribution is -0.137. The van der Waals surface area contributed by atoms with Gasteiger partial charge < -0.3 is 15.7 Å². The van der Waals surface area contributed by atoms with Crippen LogP contribution in [0.5, 0.6) is 0 Å². The summed E-state index contributed by atoms with van der Waals surface area (Å²) in [5.41, 5.74) is 0.607. The smallest absolute Gasteiger partial charge is 0.319 e. The van der Waals surface area contributed by atoms with Gasteiger partial charge in [-0.3, -0.25) is 9.78 Å². The third-order valence-corrected chi connectivity index (χ3v) is 2.51. The maximum absolute atomic E-state index is 11.4. The molecule has 92 valence electrons. The van der Waals surface area contributed by atoms with E-state index in [9.17, 15) is 9.59 Å². The van der Waals surface area contributed by atoms with Gasteiger partial charge in [-0.25, -0.2) is 4.79 Å². The normalized spacial score (nSPS) is 9.71. The quantitative estimate of drug-likeness (QED) is 0.724. The van der Waals surface area contributed by atoms with Gasteiger partial charge in [0.05, 0.1) is 10.2 Å². The fraction of sp³-hybridized carbons (Fsp3) is 0.300. The number of hydrogen-bond donors (Lipinski definition) is 3. The lowest BCUT2D eigenvalue weighted by atomic mass is 10.3. The number of anilines is 1. The number of nitrogens with zero attached hydrogens (tertiary/aromatic N) is 1. The minimum absolute atomic E-state index is 0.0409. The van der Waals surface area contributed by atoms with Gasteiger partial charge in [-0.15, -0.1) is 0 Å². The van der Waals surface area contributed by atoms with Crippen molar-refractivity contribution < 1.29 is 14.7 Å². The second-order valence-electron chi connectivity index (χ2n) is 3.23. The number of pyridine rings is 1. The fourth-order valence-electron chi connectivity index (χ4n) is 1.08. The van der Waals surface area contributed by atoms with Crippen LogP contribution < -0.4 is 10.6 Å². The van der Waals surface area contributed by atoms with Crippen molar-refractivity contribution in [2.24, 2.45) is 0 Å². The molecule has 0 aliphatic carbocycles. The molecule has 0 aromatic carbocycles. The molecule has 0 spiro atoms. The molecule has 0 saturated carbocycles. The van der Waals surface area contributed by atoms with Gasteiger partial charge in [-0.05, 0) is 28.4 Å². The van der Waals surface area contributed by atoms with Crippen molar-refractivity contribution >= 4 is 33.6 Å². The molecule has 17 heavy (non-hydrogen) atoms. The van der Waals surface area contributed by atoms with Gasteiger partial charge in [0.15, 0.2) is 0 Å².